The molecule has 2 saturated carbocycles. The lowest BCUT2D eigenvalue weighted by molar-refractivity contribution is -0.124. The normalized spacial score (nSPS) is 24.5. The van der Waals surface area contributed by atoms with E-state index >= 15 is 0 Å². The maximum absolute atomic E-state index is 13.8. The van der Waals surface area contributed by atoms with Crippen molar-refractivity contribution in [1.29, 1.82) is 0 Å². The van der Waals surface area contributed by atoms with E-state index in [0.29, 0.717) is 48.9 Å². The molecule has 7 rings (SSSR count). The lowest BCUT2D eigenvalue weighted by Crippen LogP contribution is -2.43. The molecule has 1 amide bonds. The predicted octanol–water partition coefficient (Wildman–Crippen LogP) is 5.80. The molecule has 216 valence electrons. The average molecular weight is 568 g/mol. The summed E-state index contributed by atoms with van der Waals surface area (Å²) < 4.78 is 19.2. The molecule has 2 aromatic heterocycles. The molecular weight excluding hydrogens is 533 g/mol. The molecule has 1 aromatic carbocycles. The van der Waals surface area contributed by atoms with Gasteiger partial charge in [-0.15, -0.1) is 0 Å². The van der Waals surface area contributed by atoms with Gasteiger partial charge in [0.25, 0.3) is 5.91 Å². The monoisotopic (exact) mass is 567 g/mol. The van der Waals surface area contributed by atoms with Crippen molar-refractivity contribution in [3.63, 3.8) is 0 Å². The van der Waals surface area contributed by atoms with Gasteiger partial charge in [0.05, 0.1) is 18.2 Å². The van der Waals surface area contributed by atoms with Crippen LogP contribution >= 0.6 is 0 Å². The molecular formula is C33H34FN5O3. The zero-order chi connectivity index (χ0) is 28.7. The number of carbonyl (C=O) groups is 2. The Bertz CT molecular complexity index is 1560. The third-order valence-corrected chi connectivity index (χ3v) is 9.42. The van der Waals surface area contributed by atoms with E-state index in [2.05, 4.69) is 20.5 Å². The number of carbonyl (C=O) groups excluding carboxylic acids is 2. The first-order valence-corrected chi connectivity index (χ1v) is 14.9. The number of fused-ring (bicyclic) bond motifs is 2. The molecule has 3 atom stereocenters. The van der Waals surface area contributed by atoms with Crippen LogP contribution in [0.3, 0.4) is 0 Å². The summed E-state index contributed by atoms with van der Waals surface area (Å²) in [6, 6.07) is 10.2. The molecule has 9 heteroatoms. The van der Waals surface area contributed by atoms with Crippen LogP contribution in [0.5, 0.6) is 0 Å². The Kier molecular flexibility index (Phi) is 7.06. The average Bonchev–Trinajstić information content (AvgIpc) is 3.76. The molecule has 3 fully saturated rings. The van der Waals surface area contributed by atoms with Gasteiger partial charge in [0.1, 0.15) is 17.3 Å². The van der Waals surface area contributed by atoms with E-state index < -0.39 is 11.8 Å². The van der Waals surface area contributed by atoms with Crippen LogP contribution in [0, 0.1) is 23.1 Å². The molecule has 2 aliphatic heterocycles. The number of nitrogens with zero attached hydrogens (tertiary/aromatic N) is 3. The van der Waals surface area contributed by atoms with Crippen LogP contribution in [0.15, 0.2) is 53.7 Å². The van der Waals surface area contributed by atoms with Gasteiger partial charge in [0, 0.05) is 54.4 Å². The molecule has 1 saturated heterocycles. The number of rotatable bonds is 6. The lowest BCUT2D eigenvalue weighted by Gasteiger charge is -2.41. The summed E-state index contributed by atoms with van der Waals surface area (Å²) in [6.07, 6.45) is 12.3. The minimum atomic E-state index is -0.432. The standard InChI is InChI=1S/C33H34FN5O3/c34-23-5-3-4-21(14-23)22-6-7-24(35-18-22)8-9-25-28-26(15-33(16-27(28)40)11-1-2-12-33)37-31-29(25)30(38-39-31)32(41)36-17-20-10-13-42-19-20/h3-9,14,18,20,25,28H,1-2,10-13,15-17,19H2,(H,36,41)(H,38,39)/b9-8+. The number of aliphatic imine (C=N–C) groups is 1. The summed E-state index contributed by atoms with van der Waals surface area (Å²) in [4.78, 5) is 36.7. The molecule has 3 aromatic rings. The Labute approximate surface area is 243 Å². The van der Waals surface area contributed by atoms with Gasteiger partial charge in [-0.3, -0.25) is 19.7 Å². The fourth-order valence-corrected chi connectivity index (χ4v) is 7.26. The molecule has 8 nitrogen and oxygen atoms in total. The van der Waals surface area contributed by atoms with E-state index in [-0.39, 0.29) is 28.8 Å². The summed E-state index contributed by atoms with van der Waals surface area (Å²) in [7, 11) is 0. The quantitative estimate of drug-likeness (QED) is 0.391. The Morgan fingerprint density at radius 1 is 1.17 bits per heavy atom. The Morgan fingerprint density at radius 2 is 2.05 bits per heavy atom. The number of hydrogen-bond acceptors (Lipinski definition) is 6. The summed E-state index contributed by atoms with van der Waals surface area (Å²) >= 11 is 0. The third kappa shape index (κ3) is 5.11. The lowest BCUT2D eigenvalue weighted by atomic mass is 9.63. The topological polar surface area (TPSA) is 109 Å². The second kappa shape index (κ2) is 11.0. The molecule has 2 aliphatic carbocycles. The molecule has 1 spiro atoms. The molecule has 42 heavy (non-hydrogen) atoms. The summed E-state index contributed by atoms with van der Waals surface area (Å²) in [5.74, 6) is -0.403. The SMILES string of the molecule is O=C(NCC1CCOC1)c1[nH]nc2c1C(/C=C/c1ccc(-c3cccc(F)c3)cn1)C1C(=O)CC3(CCCC3)CC1=N2. The van der Waals surface area contributed by atoms with Crippen LogP contribution in [0.1, 0.15) is 72.6 Å². The van der Waals surface area contributed by atoms with Gasteiger partial charge in [-0.05, 0) is 60.9 Å². The van der Waals surface area contributed by atoms with E-state index in [9.17, 15) is 14.0 Å². The van der Waals surface area contributed by atoms with Crippen molar-refractivity contribution >= 4 is 29.3 Å². The van der Waals surface area contributed by atoms with Crippen molar-refractivity contribution in [2.45, 2.75) is 50.9 Å². The second-order valence-electron chi connectivity index (χ2n) is 12.3. The number of ketones is 1. The van der Waals surface area contributed by atoms with Crippen molar-refractivity contribution in [2.24, 2.45) is 22.2 Å². The highest BCUT2D eigenvalue weighted by molar-refractivity contribution is 6.11. The highest BCUT2D eigenvalue weighted by Crippen LogP contribution is 2.53. The fourth-order valence-electron chi connectivity index (χ4n) is 7.26. The van der Waals surface area contributed by atoms with Gasteiger partial charge in [-0.1, -0.05) is 37.1 Å². The van der Waals surface area contributed by atoms with E-state index in [4.69, 9.17) is 9.73 Å². The molecule has 3 unspecified atom stereocenters. The Hall–Kier alpha value is -3.98. The second-order valence-corrected chi connectivity index (χ2v) is 12.3. The number of Topliss-reactive ketones (excluding diaryl/α,β-unsaturated/α-hetero) is 1. The van der Waals surface area contributed by atoms with Gasteiger partial charge in [-0.25, -0.2) is 9.38 Å². The molecule has 4 heterocycles. The van der Waals surface area contributed by atoms with Crippen molar-refractivity contribution in [3.05, 3.63) is 71.4 Å². The van der Waals surface area contributed by atoms with E-state index in [0.717, 1.165) is 55.4 Å². The minimum absolute atomic E-state index is 0.00630. The zero-order valence-corrected chi connectivity index (χ0v) is 23.4. The Balaban J connectivity index is 1.20. The molecule has 0 radical (unpaired) electrons. The predicted molar refractivity (Wildman–Crippen MR) is 157 cm³/mol. The highest BCUT2D eigenvalue weighted by atomic mass is 19.1. The van der Waals surface area contributed by atoms with Crippen molar-refractivity contribution in [1.82, 2.24) is 20.5 Å². The largest absolute Gasteiger partial charge is 0.381 e. The van der Waals surface area contributed by atoms with E-state index in [1.54, 1.807) is 12.3 Å². The van der Waals surface area contributed by atoms with Crippen LogP contribution in [-0.2, 0) is 9.53 Å². The number of aromatic amines is 1. The number of pyridine rings is 1. The van der Waals surface area contributed by atoms with Crippen molar-refractivity contribution in [2.75, 3.05) is 19.8 Å². The number of benzene rings is 1. The maximum Gasteiger partial charge on any atom is 0.269 e. The van der Waals surface area contributed by atoms with Crippen LogP contribution in [0.2, 0.25) is 0 Å². The highest BCUT2D eigenvalue weighted by Gasteiger charge is 2.50. The zero-order valence-electron chi connectivity index (χ0n) is 23.4. The number of allylic oxidation sites excluding steroid dienone is 1. The molecule has 0 bridgehead atoms. The molecule has 4 aliphatic rings. The Morgan fingerprint density at radius 3 is 2.81 bits per heavy atom. The summed E-state index contributed by atoms with van der Waals surface area (Å²) in [6.45, 7) is 1.88. The smallest absolute Gasteiger partial charge is 0.269 e. The van der Waals surface area contributed by atoms with Gasteiger partial charge in [-0.2, -0.15) is 5.10 Å². The summed E-state index contributed by atoms with van der Waals surface area (Å²) in [5.41, 5.74) is 4.16. The number of H-pyrrole nitrogens is 1. The van der Waals surface area contributed by atoms with Crippen LogP contribution in [-0.4, -0.2) is 52.3 Å². The number of hydrogen-bond donors (Lipinski definition) is 2. The first kappa shape index (κ1) is 26.9. The number of ether oxygens (including phenoxy) is 1. The summed E-state index contributed by atoms with van der Waals surface area (Å²) in [5, 5.41) is 10.4. The first-order valence-electron chi connectivity index (χ1n) is 14.9. The van der Waals surface area contributed by atoms with Crippen molar-refractivity contribution in [3.8, 4) is 11.1 Å². The van der Waals surface area contributed by atoms with E-state index in [1.165, 1.54) is 12.1 Å². The van der Waals surface area contributed by atoms with Gasteiger partial charge >= 0.3 is 0 Å². The van der Waals surface area contributed by atoms with Crippen LogP contribution in [0.25, 0.3) is 17.2 Å². The number of amides is 1. The number of nitrogens with one attached hydrogen (secondary N) is 2. The third-order valence-electron chi connectivity index (χ3n) is 9.42. The molecule has 2 N–H and O–H groups in total. The van der Waals surface area contributed by atoms with Gasteiger partial charge in [0.2, 0.25) is 0 Å². The van der Waals surface area contributed by atoms with Crippen LogP contribution < -0.4 is 5.32 Å². The number of aromatic nitrogens is 3. The maximum atomic E-state index is 13.8. The number of halogens is 1. The van der Waals surface area contributed by atoms with Gasteiger partial charge < -0.3 is 10.1 Å². The van der Waals surface area contributed by atoms with Gasteiger partial charge in [0.15, 0.2) is 5.82 Å². The first-order chi connectivity index (χ1) is 20.5. The van der Waals surface area contributed by atoms with E-state index in [1.807, 2.05) is 30.4 Å². The van der Waals surface area contributed by atoms with Crippen molar-refractivity contribution < 1.29 is 18.7 Å². The fraction of sp³-hybridized carbons (Fsp3) is 0.424. The minimum Gasteiger partial charge on any atom is -0.381 e. The van der Waals surface area contributed by atoms with Crippen LogP contribution in [0.4, 0.5) is 10.2 Å².